The molecule has 0 aromatic rings. The van der Waals surface area contributed by atoms with Gasteiger partial charge in [-0.05, 0) is 45.6 Å². The van der Waals surface area contributed by atoms with Crippen LogP contribution in [0.5, 0.6) is 0 Å². The van der Waals surface area contributed by atoms with Crippen LogP contribution in [0.2, 0.25) is 0 Å². The summed E-state index contributed by atoms with van der Waals surface area (Å²) < 4.78 is 0. The van der Waals surface area contributed by atoms with Gasteiger partial charge in [-0.2, -0.15) is 0 Å². The monoisotopic (exact) mass is 276 g/mol. The van der Waals surface area contributed by atoms with Crippen molar-refractivity contribution in [2.75, 3.05) is 13.1 Å². The first-order chi connectivity index (χ1) is 8.00. The third-order valence-electron chi connectivity index (χ3n) is 3.37. The van der Waals surface area contributed by atoms with E-state index < -0.39 is 0 Å². The minimum atomic E-state index is 0. The number of hydrogen-bond acceptors (Lipinski definition) is 2. The Morgan fingerprint density at radius 3 is 2.44 bits per heavy atom. The van der Waals surface area contributed by atoms with Gasteiger partial charge in [0.1, 0.15) is 0 Å². The molecular weight excluding hydrogens is 248 g/mol. The predicted molar refractivity (Wildman–Crippen MR) is 79.2 cm³/mol. The highest BCUT2D eigenvalue weighted by Gasteiger charge is 2.20. The third kappa shape index (κ3) is 6.05. The summed E-state index contributed by atoms with van der Waals surface area (Å²) in [6, 6.07) is 0.897. The molecule has 1 fully saturated rings. The van der Waals surface area contributed by atoms with Crippen molar-refractivity contribution >= 4 is 18.3 Å². The molecule has 4 heteroatoms. The fourth-order valence-electron chi connectivity index (χ4n) is 2.44. The van der Waals surface area contributed by atoms with Crippen LogP contribution in [0.4, 0.5) is 0 Å². The molecule has 0 saturated carbocycles. The lowest BCUT2D eigenvalue weighted by molar-refractivity contribution is -0.133. The molecule has 0 aromatic carbocycles. The van der Waals surface area contributed by atoms with E-state index in [1.807, 2.05) is 4.90 Å². The van der Waals surface area contributed by atoms with E-state index >= 15 is 0 Å². The van der Waals surface area contributed by atoms with E-state index in [1.54, 1.807) is 0 Å². The molecule has 1 N–H and O–H groups in total. The second-order valence-corrected chi connectivity index (χ2v) is 5.87. The molecule has 18 heavy (non-hydrogen) atoms. The van der Waals surface area contributed by atoms with Gasteiger partial charge in [0.15, 0.2) is 0 Å². The summed E-state index contributed by atoms with van der Waals surface area (Å²) in [5, 5.41) is 3.45. The van der Waals surface area contributed by atoms with Crippen molar-refractivity contribution in [3.63, 3.8) is 0 Å². The Kier molecular flexibility index (Phi) is 8.62. The SMILES string of the molecule is CC(C)CN(C(=O)CCC1CCCN1)C(C)C.Cl. The third-order valence-corrected chi connectivity index (χ3v) is 3.37. The fourth-order valence-corrected chi connectivity index (χ4v) is 2.44. The molecular formula is C14H29ClN2O. The largest absolute Gasteiger partial charge is 0.340 e. The molecule has 1 rings (SSSR count). The van der Waals surface area contributed by atoms with Crippen LogP contribution in [0.1, 0.15) is 53.4 Å². The van der Waals surface area contributed by atoms with E-state index in [2.05, 4.69) is 33.0 Å². The highest BCUT2D eigenvalue weighted by molar-refractivity contribution is 5.85. The van der Waals surface area contributed by atoms with Gasteiger partial charge >= 0.3 is 0 Å². The van der Waals surface area contributed by atoms with Gasteiger partial charge < -0.3 is 10.2 Å². The summed E-state index contributed by atoms with van der Waals surface area (Å²) in [5.41, 5.74) is 0. The van der Waals surface area contributed by atoms with E-state index in [0.29, 0.717) is 30.3 Å². The minimum absolute atomic E-state index is 0. The van der Waals surface area contributed by atoms with Crippen molar-refractivity contribution < 1.29 is 4.79 Å². The highest BCUT2D eigenvalue weighted by Crippen LogP contribution is 2.13. The molecule has 1 aliphatic heterocycles. The standard InChI is InChI=1S/C14H28N2O.ClH/c1-11(2)10-16(12(3)4)14(17)8-7-13-6-5-9-15-13;/h11-13,15H,5-10H2,1-4H3;1H. The van der Waals surface area contributed by atoms with Crippen molar-refractivity contribution in [1.29, 1.82) is 0 Å². The zero-order valence-electron chi connectivity index (χ0n) is 12.2. The van der Waals surface area contributed by atoms with Crippen LogP contribution in [-0.2, 0) is 4.79 Å². The Balaban J connectivity index is 0.00000289. The zero-order valence-corrected chi connectivity index (χ0v) is 13.1. The lowest BCUT2D eigenvalue weighted by atomic mass is 10.1. The van der Waals surface area contributed by atoms with Gasteiger partial charge in [-0.3, -0.25) is 4.79 Å². The fraction of sp³-hybridized carbons (Fsp3) is 0.929. The van der Waals surface area contributed by atoms with Crippen molar-refractivity contribution in [3.05, 3.63) is 0 Å². The summed E-state index contributed by atoms with van der Waals surface area (Å²) in [6.07, 6.45) is 4.20. The second kappa shape index (κ2) is 8.76. The Morgan fingerprint density at radius 1 is 1.33 bits per heavy atom. The van der Waals surface area contributed by atoms with Crippen molar-refractivity contribution in [2.24, 2.45) is 5.92 Å². The number of amides is 1. The van der Waals surface area contributed by atoms with Gasteiger partial charge in [-0.15, -0.1) is 12.4 Å². The van der Waals surface area contributed by atoms with Crippen LogP contribution in [0.15, 0.2) is 0 Å². The number of nitrogens with one attached hydrogen (secondary N) is 1. The summed E-state index contributed by atoms with van der Waals surface area (Å²) in [6.45, 7) is 10.6. The molecule has 0 radical (unpaired) electrons. The van der Waals surface area contributed by atoms with E-state index in [0.717, 1.165) is 19.5 Å². The van der Waals surface area contributed by atoms with Gasteiger partial charge in [0.2, 0.25) is 5.91 Å². The first kappa shape index (κ1) is 17.7. The molecule has 0 bridgehead atoms. The maximum Gasteiger partial charge on any atom is 0.222 e. The molecule has 1 saturated heterocycles. The zero-order chi connectivity index (χ0) is 12.8. The first-order valence-corrected chi connectivity index (χ1v) is 7.03. The van der Waals surface area contributed by atoms with Crippen LogP contribution >= 0.6 is 12.4 Å². The van der Waals surface area contributed by atoms with Gasteiger partial charge in [0.25, 0.3) is 0 Å². The van der Waals surface area contributed by atoms with Gasteiger partial charge in [0, 0.05) is 25.0 Å². The maximum absolute atomic E-state index is 12.2. The van der Waals surface area contributed by atoms with E-state index in [4.69, 9.17) is 0 Å². The molecule has 108 valence electrons. The van der Waals surface area contributed by atoms with Gasteiger partial charge in [-0.25, -0.2) is 0 Å². The lowest BCUT2D eigenvalue weighted by Gasteiger charge is -2.29. The minimum Gasteiger partial charge on any atom is -0.340 e. The number of halogens is 1. The van der Waals surface area contributed by atoms with Gasteiger partial charge in [-0.1, -0.05) is 13.8 Å². The molecule has 0 aromatic heterocycles. The highest BCUT2D eigenvalue weighted by atomic mass is 35.5. The van der Waals surface area contributed by atoms with Crippen LogP contribution in [0.25, 0.3) is 0 Å². The molecule has 0 spiro atoms. The second-order valence-electron chi connectivity index (χ2n) is 5.87. The van der Waals surface area contributed by atoms with Crippen molar-refractivity contribution in [3.8, 4) is 0 Å². The van der Waals surface area contributed by atoms with Gasteiger partial charge in [0.05, 0.1) is 0 Å². The van der Waals surface area contributed by atoms with E-state index in [-0.39, 0.29) is 12.4 Å². The normalized spacial score (nSPS) is 19.1. The number of hydrogen-bond donors (Lipinski definition) is 1. The van der Waals surface area contributed by atoms with Crippen LogP contribution in [0.3, 0.4) is 0 Å². The molecule has 3 nitrogen and oxygen atoms in total. The average molecular weight is 277 g/mol. The Labute approximate surface area is 118 Å². The van der Waals surface area contributed by atoms with Crippen molar-refractivity contribution in [2.45, 2.75) is 65.5 Å². The topological polar surface area (TPSA) is 32.3 Å². The van der Waals surface area contributed by atoms with E-state index in [9.17, 15) is 4.79 Å². The van der Waals surface area contributed by atoms with Crippen LogP contribution < -0.4 is 5.32 Å². The summed E-state index contributed by atoms with van der Waals surface area (Å²) in [5.74, 6) is 0.869. The number of nitrogens with zero attached hydrogens (tertiary/aromatic N) is 1. The predicted octanol–water partition coefficient (Wildman–Crippen LogP) is 2.83. The first-order valence-electron chi connectivity index (χ1n) is 7.03. The van der Waals surface area contributed by atoms with E-state index in [1.165, 1.54) is 12.8 Å². The number of carbonyl (C=O) groups excluding carboxylic acids is 1. The molecule has 0 aliphatic carbocycles. The summed E-state index contributed by atoms with van der Waals surface area (Å²) in [7, 11) is 0. The molecule has 1 aliphatic rings. The van der Waals surface area contributed by atoms with Crippen LogP contribution in [-0.4, -0.2) is 36.0 Å². The Hall–Kier alpha value is -0.280. The smallest absolute Gasteiger partial charge is 0.222 e. The Morgan fingerprint density at radius 2 is 2.00 bits per heavy atom. The molecule has 1 heterocycles. The summed E-state index contributed by atoms with van der Waals surface area (Å²) in [4.78, 5) is 14.2. The molecule has 1 atom stereocenters. The number of carbonyl (C=O) groups is 1. The lowest BCUT2D eigenvalue weighted by Crippen LogP contribution is -2.40. The van der Waals surface area contributed by atoms with Crippen LogP contribution in [0, 0.1) is 5.92 Å². The summed E-state index contributed by atoms with van der Waals surface area (Å²) >= 11 is 0. The maximum atomic E-state index is 12.2. The molecule has 1 amide bonds. The Bertz CT molecular complexity index is 238. The number of rotatable bonds is 6. The average Bonchev–Trinajstić information content (AvgIpc) is 2.74. The van der Waals surface area contributed by atoms with Crippen molar-refractivity contribution in [1.82, 2.24) is 10.2 Å². The molecule has 1 unspecified atom stereocenters. The quantitative estimate of drug-likeness (QED) is 0.809.